The highest BCUT2D eigenvalue weighted by molar-refractivity contribution is 5.85. The predicted octanol–water partition coefficient (Wildman–Crippen LogP) is 4.69. The van der Waals surface area contributed by atoms with Crippen LogP contribution < -0.4 is 10.1 Å². The number of hydrogen-bond donors (Lipinski definition) is 1. The van der Waals surface area contributed by atoms with Gasteiger partial charge in [0.25, 0.3) is 0 Å². The zero-order chi connectivity index (χ0) is 24.8. The van der Waals surface area contributed by atoms with E-state index in [1.54, 1.807) is 13.3 Å². The van der Waals surface area contributed by atoms with Gasteiger partial charge in [0.2, 0.25) is 17.7 Å². The van der Waals surface area contributed by atoms with Crippen LogP contribution in [0.2, 0.25) is 0 Å². The monoisotopic (exact) mass is 478 g/mol. The van der Waals surface area contributed by atoms with Crippen molar-refractivity contribution in [2.75, 3.05) is 20.7 Å². The van der Waals surface area contributed by atoms with E-state index in [2.05, 4.69) is 15.3 Å². The average molecular weight is 479 g/mol. The number of pyridine rings is 1. The Morgan fingerprint density at radius 2 is 2.09 bits per heavy atom. The maximum atomic E-state index is 12.9. The van der Waals surface area contributed by atoms with E-state index in [-0.39, 0.29) is 23.8 Å². The molecule has 1 amide bonds. The first-order chi connectivity index (χ1) is 17.0. The third-order valence-corrected chi connectivity index (χ3v) is 6.72. The fraction of sp³-hybridized carbons (Fsp3) is 0.481. The average Bonchev–Trinajstić information content (AvgIpc) is 3.35. The Bertz CT molecular complexity index is 1170. The zero-order valence-corrected chi connectivity index (χ0v) is 20.8. The molecule has 3 aromatic rings. The molecular weight excluding hydrogens is 444 g/mol. The molecule has 1 fully saturated rings. The van der Waals surface area contributed by atoms with Crippen molar-refractivity contribution in [2.24, 2.45) is 0 Å². The fourth-order valence-corrected chi connectivity index (χ4v) is 4.40. The Morgan fingerprint density at radius 3 is 2.80 bits per heavy atom. The van der Waals surface area contributed by atoms with Gasteiger partial charge in [-0.25, -0.2) is 9.97 Å². The van der Waals surface area contributed by atoms with Crippen LogP contribution >= 0.6 is 0 Å². The molecule has 8 nitrogen and oxygen atoms in total. The topological polar surface area (TPSA) is 97.6 Å². The molecule has 35 heavy (non-hydrogen) atoms. The molecule has 0 radical (unpaired) electrons. The van der Waals surface area contributed by atoms with E-state index in [9.17, 15) is 9.59 Å². The molecule has 0 bridgehead atoms. The van der Waals surface area contributed by atoms with Gasteiger partial charge in [-0.05, 0) is 38.4 Å². The molecule has 0 spiro atoms. The lowest BCUT2D eigenvalue weighted by atomic mass is 10.0. The van der Waals surface area contributed by atoms with Crippen molar-refractivity contribution in [1.82, 2.24) is 20.2 Å². The summed E-state index contributed by atoms with van der Waals surface area (Å²) in [6, 6.07) is 9.35. The molecule has 2 atom stereocenters. The van der Waals surface area contributed by atoms with E-state index in [4.69, 9.17) is 9.15 Å². The molecule has 1 aliphatic heterocycles. The number of unbranched alkanes of at least 4 members (excludes halogenated alkanes) is 2. The van der Waals surface area contributed by atoms with Crippen LogP contribution in [0.4, 0.5) is 0 Å². The number of likely N-dealkylation sites (N-methyl/N-ethyl adjacent to an activating group) is 1. The number of nitrogens with zero attached hydrogens (tertiary/aromatic N) is 3. The third-order valence-electron chi connectivity index (χ3n) is 6.72. The molecule has 186 valence electrons. The van der Waals surface area contributed by atoms with Gasteiger partial charge < -0.3 is 14.5 Å². The van der Waals surface area contributed by atoms with Gasteiger partial charge in [-0.1, -0.05) is 38.0 Å². The Morgan fingerprint density at radius 1 is 1.26 bits per heavy atom. The van der Waals surface area contributed by atoms with Gasteiger partial charge in [0.05, 0.1) is 30.4 Å². The van der Waals surface area contributed by atoms with Crippen LogP contribution in [0.3, 0.4) is 0 Å². The van der Waals surface area contributed by atoms with Crippen LogP contribution in [0, 0.1) is 0 Å². The van der Waals surface area contributed by atoms with Crippen LogP contribution in [0.1, 0.15) is 63.8 Å². The maximum Gasteiger partial charge on any atom is 0.238 e. The molecular formula is C27H34N4O4. The number of para-hydroxylation sites is 1. The number of ether oxygens (including phenoxy) is 1. The van der Waals surface area contributed by atoms with Crippen molar-refractivity contribution in [3.8, 4) is 17.2 Å². The van der Waals surface area contributed by atoms with Crippen molar-refractivity contribution in [2.45, 2.75) is 64.0 Å². The van der Waals surface area contributed by atoms with Crippen LogP contribution in [0.25, 0.3) is 22.2 Å². The summed E-state index contributed by atoms with van der Waals surface area (Å²) in [4.78, 5) is 35.6. The standard InChI is InChI=1S/C27H34N4O4/c1-4-19(32)11-6-5-7-13-22(29-25(33)23-14-15-31(23)2)27-28-17-24(35-27)20-16-18-10-8-9-12-21(18)30-26(20)34-3/h8-10,12,16-17,22-23H,4-7,11,13-15H2,1-3H3,(H,29,33)/t22-,23?/m0/s1. The van der Waals surface area contributed by atoms with E-state index >= 15 is 0 Å². The number of carbonyl (C=O) groups excluding carboxylic acids is 2. The van der Waals surface area contributed by atoms with Gasteiger partial charge in [0.15, 0.2) is 5.76 Å². The minimum atomic E-state index is -0.341. The number of nitrogens with one attached hydrogen (secondary N) is 1. The summed E-state index contributed by atoms with van der Waals surface area (Å²) in [5.74, 6) is 1.76. The molecule has 0 saturated carbocycles. The Hall–Kier alpha value is -3.26. The molecule has 3 heterocycles. The summed E-state index contributed by atoms with van der Waals surface area (Å²) in [6.07, 6.45) is 7.03. The summed E-state index contributed by atoms with van der Waals surface area (Å²) in [5.41, 5.74) is 1.55. The van der Waals surface area contributed by atoms with Crippen LogP contribution in [-0.2, 0) is 9.59 Å². The van der Waals surface area contributed by atoms with Crippen molar-refractivity contribution in [3.63, 3.8) is 0 Å². The summed E-state index contributed by atoms with van der Waals surface area (Å²) >= 11 is 0. The first kappa shape index (κ1) is 24.9. The van der Waals surface area contributed by atoms with Crippen LogP contribution in [0.5, 0.6) is 5.88 Å². The van der Waals surface area contributed by atoms with Crippen molar-refractivity contribution < 1.29 is 18.7 Å². The fourth-order valence-electron chi connectivity index (χ4n) is 4.40. The molecule has 2 aromatic heterocycles. The van der Waals surface area contributed by atoms with Crippen molar-refractivity contribution in [3.05, 3.63) is 42.4 Å². The molecule has 1 unspecified atom stereocenters. The Balaban J connectivity index is 1.52. The minimum Gasteiger partial charge on any atom is -0.480 e. The number of amides is 1. The second-order valence-electron chi connectivity index (χ2n) is 9.14. The van der Waals surface area contributed by atoms with E-state index in [1.807, 2.05) is 49.2 Å². The summed E-state index contributed by atoms with van der Waals surface area (Å²) in [7, 11) is 3.54. The zero-order valence-electron chi connectivity index (χ0n) is 20.8. The molecule has 1 aliphatic rings. The number of fused-ring (bicyclic) bond motifs is 1. The van der Waals surface area contributed by atoms with Gasteiger partial charge in [-0.2, -0.15) is 0 Å². The second-order valence-corrected chi connectivity index (χ2v) is 9.14. The normalized spacial score (nSPS) is 16.6. The number of carbonyl (C=O) groups is 2. The van der Waals surface area contributed by atoms with Gasteiger partial charge in [-0.15, -0.1) is 0 Å². The first-order valence-corrected chi connectivity index (χ1v) is 12.4. The SMILES string of the molecule is CCC(=O)CCCCC[C@H](NC(=O)C1CCN1C)c1ncc(-c2cc3ccccc3nc2OC)o1. The molecule has 1 N–H and O–H groups in total. The number of oxazole rings is 1. The van der Waals surface area contributed by atoms with Crippen LogP contribution in [0.15, 0.2) is 40.9 Å². The number of likely N-dealkylation sites (tertiary alicyclic amines) is 1. The smallest absolute Gasteiger partial charge is 0.238 e. The van der Waals surface area contributed by atoms with Gasteiger partial charge in [0.1, 0.15) is 11.8 Å². The van der Waals surface area contributed by atoms with Crippen LogP contribution in [-0.4, -0.2) is 53.3 Å². The number of rotatable bonds is 12. The molecule has 4 rings (SSSR count). The number of methoxy groups -OCH3 is 1. The highest BCUT2D eigenvalue weighted by Crippen LogP contribution is 2.33. The maximum absolute atomic E-state index is 12.9. The summed E-state index contributed by atoms with van der Waals surface area (Å²) in [6.45, 7) is 2.82. The number of benzene rings is 1. The molecule has 8 heteroatoms. The molecule has 1 saturated heterocycles. The lowest BCUT2D eigenvalue weighted by Crippen LogP contribution is -2.54. The lowest BCUT2D eigenvalue weighted by molar-refractivity contribution is -0.130. The van der Waals surface area contributed by atoms with Crippen molar-refractivity contribution >= 4 is 22.6 Å². The van der Waals surface area contributed by atoms with Gasteiger partial charge in [0, 0.05) is 24.8 Å². The number of hydrogen-bond acceptors (Lipinski definition) is 7. The van der Waals surface area contributed by atoms with Gasteiger partial charge >= 0.3 is 0 Å². The number of ketones is 1. The van der Waals surface area contributed by atoms with E-state index < -0.39 is 0 Å². The summed E-state index contributed by atoms with van der Waals surface area (Å²) < 4.78 is 11.7. The summed E-state index contributed by atoms with van der Waals surface area (Å²) in [5, 5.41) is 4.12. The molecule has 1 aromatic carbocycles. The van der Waals surface area contributed by atoms with Crippen molar-refractivity contribution in [1.29, 1.82) is 0 Å². The highest BCUT2D eigenvalue weighted by Gasteiger charge is 2.33. The van der Waals surface area contributed by atoms with E-state index in [0.717, 1.165) is 43.1 Å². The third kappa shape index (κ3) is 5.88. The minimum absolute atomic E-state index is 0.00499. The second kappa shape index (κ2) is 11.4. The number of aromatic nitrogens is 2. The van der Waals surface area contributed by atoms with E-state index in [1.165, 1.54) is 0 Å². The number of Topliss-reactive ketones (excluding diaryl/α,β-unsaturated/α-hetero) is 1. The molecule has 0 aliphatic carbocycles. The lowest BCUT2D eigenvalue weighted by Gasteiger charge is -2.37. The first-order valence-electron chi connectivity index (χ1n) is 12.4. The predicted molar refractivity (Wildman–Crippen MR) is 134 cm³/mol. The van der Waals surface area contributed by atoms with Gasteiger partial charge in [-0.3, -0.25) is 14.5 Å². The highest BCUT2D eigenvalue weighted by atomic mass is 16.5. The largest absolute Gasteiger partial charge is 0.480 e. The quantitative estimate of drug-likeness (QED) is 0.377. The Labute approximate surface area is 206 Å². The van der Waals surface area contributed by atoms with E-state index in [0.29, 0.717) is 42.4 Å². The Kier molecular flexibility index (Phi) is 8.13.